The lowest BCUT2D eigenvalue weighted by molar-refractivity contribution is 0.112. The molecule has 4 heteroatoms. The molecule has 0 aromatic heterocycles. The van der Waals surface area contributed by atoms with Crippen molar-refractivity contribution in [2.75, 3.05) is 7.11 Å². The predicted octanol–water partition coefficient (Wildman–Crippen LogP) is 2.51. The summed E-state index contributed by atoms with van der Waals surface area (Å²) in [7, 11) is 1.61. The highest BCUT2D eigenvalue weighted by Gasteiger charge is 2.11. The Morgan fingerprint density at radius 3 is 2.71 bits per heavy atom. The zero-order valence-electron chi connectivity index (χ0n) is 10.3. The highest BCUT2D eigenvalue weighted by Crippen LogP contribution is 2.27. The summed E-state index contributed by atoms with van der Waals surface area (Å²) in [5.74, 6) is 1.50. The van der Waals surface area contributed by atoms with Gasteiger partial charge < -0.3 is 9.84 Å². The zero-order valence-corrected chi connectivity index (χ0v) is 11.2. The fraction of sp³-hybridized carbons (Fsp3) is 0.462. The summed E-state index contributed by atoms with van der Waals surface area (Å²) in [5.41, 5.74) is 1.63. The fourth-order valence-corrected chi connectivity index (χ4v) is 2.29. The summed E-state index contributed by atoms with van der Waals surface area (Å²) in [6, 6.07) is 5.36. The van der Waals surface area contributed by atoms with E-state index >= 15 is 0 Å². The van der Waals surface area contributed by atoms with E-state index in [1.165, 1.54) is 0 Å². The molecule has 0 fully saturated rings. The number of methoxy groups -OCH3 is 1. The van der Waals surface area contributed by atoms with Crippen LogP contribution >= 0.6 is 11.8 Å². The third-order valence-electron chi connectivity index (χ3n) is 2.62. The third kappa shape index (κ3) is 4.06. The monoisotopic (exact) mass is 254 g/mol. The summed E-state index contributed by atoms with van der Waals surface area (Å²) in [5, 5.41) is 9.57. The van der Waals surface area contributed by atoms with Crippen LogP contribution in [0, 0.1) is 0 Å². The second-order valence-electron chi connectivity index (χ2n) is 3.95. The Balaban J connectivity index is 2.77. The van der Waals surface area contributed by atoms with Crippen LogP contribution in [0.15, 0.2) is 18.2 Å². The molecule has 0 aliphatic heterocycles. The van der Waals surface area contributed by atoms with Crippen LogP contribution in [0.4, 0.5) is 0 Å². The van der Waals surface area contributed by atoms with Crippen molar-refractivity contribution in [1.29, 1.82) is 0 Å². The molecule has 1 N–H and O–H groups in total. The lowest BCUT2D eigenvalue weighted by Crippen LogP contribution is -2.15. The van der Waals surface area contributed by atoms with E-state index in [9.17, 15) is 9.90 Å². The van der Waals surface area contributed by atoms with Crippen molar-refractivity contribution in [3.63, 3.8) is 0 Å². The van der Waals surface area contributed by atoms with E-state index in [0.29, 0.717) is 5.56 Å². The molecule has 0 aliphatic rings. The van der Waals surface area contributed by atoms with Gasteiger partial charge in [-0.3, -0.25) is 4.79 Å². The Morgan fingerprint density at radius 2 is 2.18 bits per heavy atom. The summed E-state index contributed by atoms with van der Waals surface area (Å²) < 4.78 is 5.25. The number of hydrogen-bond donors (Lipinski definition) is 1. The number of aliphatic hydroxyl groups is 1. The summed E-state index contributed by atoms with van der Waals surface area (Å²) >= 11 is 1.64. The van der Waals surface area contributed by atoms with E-state index in [1.54, 1.807) is 37.9 Å². The lowest BCUT2D eigenvalue weighted by atomic mass is 10.1. The molecule has 0 saturated heterocycles. The Kier molecular flexibility index (Phi) is 5.51. The van der Waals surface area contributed by atoms with Gasteiger partial charge in [0.05, 0.1) is 13.2 Å². The minimum atomic E-state index is -0.347. The first kappa shape index (κ1) is 14.1. The number of aliphatic hydroxyl groups excluding tert-OH is 1. The number of rotatable bonds is 6. The molecule has 2 atom stereocenters. The minimum Gasteiger partial charge on any atom is -0.496 e. The highest BCUT2D eigenvalue weighted by molar-refractivity contribution is 7.99. The summed E-state index contributed by atoms with van der Waals surface area (Å²) in [6.45, 7) is 3.75. The fourth-order valence-electron chi connectivity index (χ4n) is 1.35. The van der Waals surface area contributed by atoms with Gasteiger partial charge in [0.2, 0.25) is 0 Å². The normalized spacial score (nSPS) is 14.1. The molecule has 0 aliphatic carbocycles. The zero-order chi connectivity index (χ0) is 12.8. The Morgan fingerprint density at radius 1 is 1.47 bits per heavy atom. The molecule has 2 unspecified atom stereocenters. The number of ether oxygens (including phenoxy) is 1. The van der Waals surface area contributed by atoms with Crippen molar-refractivity contribution >= 4 is 18.0 Å². The largest absolute Gasteiger partial charge is 0.496 e. The molecule has 0 spiro atoms. The molecule has 3 nitrogen and oxygen atoms in total. The van der Waals surface area contributed by atoms with Gasteiger partial charge in [-0.15, -0.1) is 0 Å². The van der Waals surface area contributed by atoms with E-state index in [2.05, 4.69) is 0 Å². The van der Waals surface area contributed by atoms with Crippen molar-refractivity contribution < 1.29 is 14.6 Å². The highest BCUT2D eigenvalue weighted by atomic mass is 32.2. The van der Waals surface area contributed by atoms with Crippen LogP contribution < -0.4 is 4.74 Å². The van der Waals surface area contributed by atoms with Crippen LogP contribution in [0.2, 0.25) is 0 Å². The van der Waals surface area contributed by atoms with Crippen LogP contribution in [-0.2, 0) is 5.75 Å². The molecule has 17 heavy (non-hydrogen) atoms. The molecular weight excluding hydrogens is 236 g/mol. The van der Waals surface area contributed by atoms with Crippen LogP contribution in [0.3, 0.4) is 0 Å². The first-order valence-corrected chi connectivity index (χ1v) is 6.55. The Hall–Kier alpha value is -1.00. The number of carbonyl (C=O) groups is 1. The maximum atomic E-state index is 10.7. The van der Waals surface area contributed by atoms with Gasteiger partial charge in [0.15, 0.2) is 0 Å². The number of benzene rings is 1. The maximum Gasteiger partial charge on any atom is 0.150 e. The third-order valence-corrected chi connectivity index (χ3v) is 4.02. The van der Waals surface area contributed by atoms with Gasteiger partial charge in [0, 0.05) is 22.1 Å². The SMILES string of the molecule is COc1ccc(C=O)cc1CSC(C)C(C)O. The van der Waals surface area contributed by atoms with Gasteiger partial charge in [-0.1, -0.05) is 6.92 Å². The Bertz CT molecular complexity index is 377. The number of hydrogen-bond acceptors (Lipinski definition) is 4. The van der Waals surface area contributed by atoms with Crippen molar-refractivity contribution in [2.24, 2.45) is 0 Å². The van der Waals surface area contributed by atoms with E-state index < -0.39 is 0 Å². The van der Waals surface area contributed by atoms with Gasteiger partial charge in [0.25, 0.3) is 0 Å². The van der Waals surface area contributed by atoms with Gasteiger partial charge in [0.1, 0.15) is 12.0 Å². The number of thioether (sulfide) groups is 1. The standard InChI is InChI=1S/C13H18O3S/c1-9(15)10(2)17-8-12-6-11(7-14)4-5-13(12)16-3/h4-7,9-10,15H,8H2,1-3H3. The van der Waals surface area contributed by atoms with E-state index in [4.69, 9.17) is 4.74 Å². The number of aldehydes is 1. The summed E-state index contributed by atoms with van der Waals surface area (Å²) in [4.78, 5) is 10.7. The van der Waals surface area contributed by atoms with E-state index in [0.717, 1.165) is 23.4 Å². The molecule has 0 bridgehead atoms. The number of carbonyl (C=O) groups excluding carboxylic acids is 1. The average molecular weight is 254 g/mol. The van der Waals surface area contributed by atoms with Crippen molar-refractivity contribution in [3.05, 3.63) is 29.3 Å². The van der Waals surface area contributed by atoms with Gasteiger partial charge >= 0.3 is 0 Å². The quantitative estimate of drug-likeness (QED) is 0.792. The molecule has 1 aromatic rings. The van der Waals surface area contributed by atoms with E-state index in [1.807, 2.05) is 13.0 Å². The molecular formula is C13H18O3S. The van der Waals surface area contributed by atoms with Gasteiger partial charge in [-0.05, 0) is 25.1 Å². The molecule has 0 saturated carbocycles. The van der Waals surface area contributed by atoms with Crippen molar-refractivity contribution in [3.8, 4) is 5.75 Å². The lowest BCUT2D eigenvalue weighted by Gasteiger charge is -2.15. The average Bonchev–Trinajstić information content (AvgIpc) is 2.35. The van der Waals surface area contributed by atoms with Crippen molar-refractivity contribution in [1.82, 2.24) is 0 Å². The molecule has 0 radical (unpaired) electrons. The van der Waals surface area contributed by atoms with Crippen LogP contribution in [-0.4, -0.2) is 29.9 Å². The summed E-state index contributed by atoms with van der Waals surface area (Å²) in [6.07, 6.45) is 0.478. The van der Waals surface area contributed by atoms with E-state index in [-0.39, 0.29) is 11.4 Å². The molecule has 1 aromatic carbocycles. The predicted molar refractivity (Wildman–Crippen MR) is 70.8 cm³/mol. The maximum absolute atomic E-state index is 10.7. The van der Waals surface area contributed by atoms with Crippen LogP contribution in [0.1, 0.15) is 29.8 Å². The Labute approximate surface area is 106 Å². The first-order chi connectivity index (χ1) is 8.08. The smallest absolute Gasteiger partial charge is 0.150 e. The molecule has 0 amide bonds. The molecule has 1 rings (SSSR count). The second-order valence-corrected chi connectivity index (χ2v) is 5.31. The van der Waals surface area contributed by atoms with Crippen LogP contribution in [0.5, 0.6) is 5.75 Å². The molecule has 0 heterocycles. The minimum absolute atomic E-state index is 0.152. The first-order valence-electron chi connectivity index (χ1n) is 5.50. The van der Waals surface area contributed by atoms with Gasteiger partial charge in [-0.25, -0.2) is 0 Å². The molecule has 94 valence electrons. The van der Waals surface area contributed by atoms with Crippen LogP contribution in [0.25, 0.3) is 0 Å². The topological polar surface area (TPSA) is 46.5 Å². The van der Waals surface area contributed by atoms with Crippen molar-refractivity contribution in [2.45, 2.75) is 31.0 Å². The second kappa shape index (κ2) is 6.67. The van der Waals surface area contributed by atoms with Gasteiger partial charge in [-0.2, -0.15) is 11.8 Å².